The van der Waals surface area contributed by atoms with Crippen LogP contribution < -0.4 is 0 Å². The summed E-state index contributed by atoms with van der Waals surface area (Å²) in [4.78, 5) is 20.9. The van der Waals surface area contributed by atoms with Gasteiger partial charge in [0.1, 0.15) is 17.6 Å². The first-order chi connectivity index (χ1) is 10.2. The molecule has 0 aliphatic carbocycles. The lowest BCUT2D eigenvalue weighted by Gasteiger charge is -2.32. The monoisotopic (exact) mass is 332 g/mol. The van der Waals surface area contributed by atoms with Crippen LogP contribution in [0.15, 0.2) is 24.3 Å². The minimum atomic E-state index is -5.45. The maximum Gasteiger partial charge on any atom is 0.419 e. The van der Waals surface area contributed by atoms with Crippen molar-refractivity contribution in [3.05, 3.63) is 24.3 Å². The first kappa shape index (κ1) is 20.5. The van der Waals surface area contributed by atoms with Crippen LogP contribution in [-0.2, 0) is 19.3 Å². The number of rotatable bonds is 9. The maximum absolute atomic E-state index is 13.0. The molecule has 128 valence electrons. The van der Waals surface area contributed by atoms with E-state index in [0.29, 0.717) is 0 Å². The van der Waals surface area contributed by atoms with Gasteiger partial charge in [-0.15, -0.1) is 6.58 Å². The van der Waals surface area contributed by atoms with Crippen LogP contribution in [0.4, 0.5) is 22.0 Å². The lowest BCUT2D eigenvalue weighted by atomic mass is 9.77. The van der Waals surface area contributed by atoms with Gasteiger partial charge in [-0.3, -0.25) is 4.79 Å². The van der Waals surface area contributed by atoms with Crippen molar-refractivity contribution in [2.75, 3.05) is 19.8 Å². The lowest BCUT2D eigenvalue weighted by Crippen LogP contribution is -2.44. The van der Waals surface area contributed by atoms with E-state index in [4.69, 9.17) is 0 Å². The summed E-state index contributed by atoms with van der Waals surface area (Å²) in [5.74, 6) is -1.49. The Balaban J connectivity index is 6.04. The molecule has 0 fully saturated rings. The summed E-state index contributed by atoms with van der Waals surface area (Å²) in [6.45, 7) is 4.59. The Morgan fingerprint density at radius 3 is 2.09 bits per heavy atom. The second kappa shape index (κ2) is 8.84. The van der Waals surface area contributed by atoms with Gasteiger partial charge in [-0.1, -0.05) is 6.08 Å². The predicted octanol–water partition coefficient (Wildman–Crippen LogP) is 3.79. The molecular formula is C13H17F5O4. The average molecular weight is 332 g/mol. The Hall–Kier alpha value is -1.48. The van der Waals surface area contributed by atoms with Gasteiger partial charge >= 0.3 is 12.1 Å². The summed E-state index contributed by atoms with van der Waals surface area (Å²) in [6, 6.07) is 0. The molecule has 0 rings (SSSR count). The van der Waals surface area contributed by atoms with Crippen LogP contribution in [0, 0.1) is 5.41 Å². The van der Waals surface area contributed by atoms with Gasteiger partial charge in [0.25, 0.3) is 6.08 Å². The fourth-order valence-corrected chi connectivity index (χ4v) is 1.78. The Labute approximate surface area is 124 Å². The van der Waals surface area contributed by atoms with Crippen LogP contribution >= 0.6 is 0 Å². The molecule has 1 unspecified atom stereocenters. The molecule has 9 heteroatoms. The van der Waals surface area contributed by atoms with Gasteiger partial charge < -0.3 is 4.74 Å². The zero-order valence-electron chi connectivity index (χ0n) is 12.1. The molecule has 1 atom stereocenters. The third kappa shape index (κ3) is 5.06. The number of allylic oxidation sites excluding steroid dienone is 1. The van der Waals surface area contributed by atoms with E-state index in [2.05, 4.69) is 21.1 Å². The normalized spacial score (nSPS) is 14.1. The van der Waals surface area contributed by atoms with Gasteiger partial charge in [0.2, 0.25) is 0 Å². The first-order valence-corrected chi connectivity index (χ1v) is 6.32. The molecule has 0 bridgehead atoms. The number of carbonyl (C=O) groups excluding carboxylic acids is 1. The predicted molar refractivity (Wildman–Crippen MR) is 66.8 cm³/mol. The van der Waals surface area contributed by atoms with E-state index >= 15 is 0 Å². The number of ether oxygens (including phenoxy) is 1. The van der Waals surface area contributed by atoms with Crippen molar-refractivity contribution in [3.8, 4) is 0 Å². The van der Waals surface area contributed by atoms with Gasteiger partial charge in [0.15, 0.2) is 0 Å². The molecule has 0 spiro atoms. The summed E-state index contributed by atoms with van der Waals surface area (Å²) in [5, 5.41) is 0. The molecule has 0 saturated carbocycles. The Kier molecular flexibility index (Phi) is 8.25. The topological polar surface area (TPSA) is 44.8 Å². The number of hydrogen-bond acceptors (Lipinski definition) is 4. The second-order valence-electron chi connectivity index (χ2n) is 4.10. The third-order valence-corrected chi connectivity index (χ3v) is 2.62. The van der Waals surface area contributed by atoms with Crippen LogP contribution in [0.2, 0.25) is 0 Å². The first-order valence-electron chi connectivity index (χ1n) is 6.32. The number of carbonyl (C=O) groups is 1. The van der Waals surface area contributed by atoms with Crippen molar-refractivity contribution < 1.29 is 41.3 Å². The van der Waals surface area contributed by atoms with E-state index in [-0.39, 0.29) is 13.2 Å². The molecule has 0 aliphatic rings. The number of hydrogen-bond donors (Lipinski definition) is 0. The SMILES string of the molecule is C=CCC(COOCC)(C(=O)OCC)C(=C(F)F)C(F)(F)F. The number of halogens is 5. The van der Waals surface area contributed by atoms with E-state index in [9.17, 15) is 26.7 Å². The fourth-order valence-electron chi connectivity index (χ4n) is 1.78. The Morgan fingerprint density at radius 2 is 1.73 bits per heavy atom. The highest BCUT2D eigenvalue weighted by molar-refractivity contribution is 5.81. The van der Waals surface area contributed by atoms with Crippen LogP contribution in [0.25, 0.3) is 0 Å². The molecule has 0 N–H and O–H groups in total. The van der Waals surface area contributed by atoms with Gasteiger partial charge in [-0.25, -0.2) is 9.78 Å². The van der Waals surface area contributed by atoms with Gasteiger partial charge in [0.05, 0.1) is 13.2 Å². The molecule has 0 aromatic rings. The molecule has 0 aromatic carbocycles. The van der Waals surface area contributed by atoms with Crippen molar-refractivity contribution in [1.29, 1.82) is 0 Å². The van der Waals surface area contributed by atoms with Crippen molar-refractivity contribution in [3.63, 3.8) is 0 Å². The minimum absolute atomic E-state index is 0.0455. The van der Waals surface area contributed by atoms with Crippen LogP contribution in [0.1, 0.15) is 20.3 Å². The van der Waals surface area contributed by atoms with E-state index in [1.807, 2.05) is 0 Å². The smallest absolute Gasteiger partial charge is 0.419 e. The largest absolute Gasteiger partial charge is 0.465 e. The van der Waals surface area contributed by atoms with Gasteiger partial charge in [-0.05, 0) is 20.3 Å². The van der Waals surface area contributed by atoms with Gasteiger partial charge in [0, 0.05) is 0 Å². The lowest BCUT2D eigenvalue weighted by molar-refractivity contribution is -0.306. The Morgan fingerprint density at radius 1 is 1.14 bits per heavy atom. The molecule has 0 amide bonds. The highest BCUT2D eigenvalue weighted by atomic mass is 19.4. The zero-order valence-corrected chi connectivity index (χ0v) is 12.1. The van der Waals surface area contributed by atoms with E-state index in [0.717, 1.165) is 6.08 Å². The summed E-state index contributed by atoms with van der Waals surface area (Å²) in [7, 11) is 0. The summed E-state index contributed by atoms with van der Waals surface area (Å²) in [5.41, 5.74) is -5.11. The highest BCUT2D eigenvalue weighted by Gasteiger charge is 2.57. The quantitative estimate of drug-likeness (QED) is 0.161. The van der Waals surface area contributed by atoms with Crippen molar-refractivity contribution in [1.82, 2.24) is 0 Å². The van der Waals surface area contributed by atoms with E-state index in [1.165, 1.54) is 13.8 Å². The van der Waals surface area contributed by atoms with Gasteiger partial charge in [-0.2, -0.15) is 22.0 Å². The minimum Gasteiger partial charge on any atom is -0.465 e. The molecular weight excluding hydrogens is 315 g/mol. The van der Waals surface area contributed by atoms with Crippen LogP contribution in [-0.4, -0.2) is 32.0 Å². The summed E-state index contributed by atoms with van der Waals surface area (Å²) in [6.07, 6.45) is -8.35. The fraction of sp³-hybridized carbons (Fsp3) is 0.615. The van der Waals surface area contributed by atoms with Crippen LogP contribution in [0.5, 0.6) is 0 Å². The third-order valence-electron chi connectivity index (χ3n) is 2.62. The summed E-state index contributed by atoms with van der Waals surface area (Å²) >= 11 is 0. The number of alkyl halides is 3. The van der Waals surface area contributed by atoms with E-state index < -0.39 is 42.2 Å². The van der Waals surface area contributed by atoms with Crippen molar-refractivity contribution in [2.24, 2.45) is 5.41 Å². The maximum atomic E-state index is 13.0. The average Bonchev–Trinajstić information content (AvgIpc) is 2.37. The molecule has 0 heterocycles. The molecule has 22 heavy (non-hydrogen) atoms. The van der Waals surface area contributed by atoms with Crippen molar-refractivity contribution in [2.45, 2.75) is 26.4 Å². The summed E-state index contributed by atoms with van der Waals surface area (Å²) < 4.78 is 69.5. The zero-order chi connectivity index (χ0) is 17.4. The second-order valence-corrected chi connectivity index (χ2v) is 4.10. The molecule has 0 aromatic heterocycles. The van der Waals surface area contributed by atoms with E-state index in [1.54, 1.807) is 0 Å². The standard InChI is InChI=1S/C13H17F5O4/c1-4-7-12(8-22-21-6-3,11(19)20-5-2)9(10(14)15)13(16,17)18/h4H,1,5-8H2,2-3H3. The number of esters is 1. The Bertz CT molecular complexity index is 415. The highest BCUT2D eigenvalue weighted by Crippen LogP contribution is 2.46. The molecule has 4 nitrogen and oxygen atoms in total. The van der Waals surface area contributed by atoms with Crippen molar-refractivity contribution >= 4 is 5.97 Å². The van der Waals surface area contributed by atoms with Crippen LogP contribution in [0.3, 0.4) is 0 Å². The molecule has 0 saturated heterocycles. The molecule has 0 aliphatic heterocycles. The molecule has 0 radical (unpaired) electrons.